The minimum atomic E-state index is -0.143. The van der Waals surface area contributed by atoms with Crippen LogP contribution in [0.4, 0.5) is 0 Å². The highest BCUT2D eigenvalue weighted by molar-refractivity contribution is 7.12. The standard InChI is InChI=1S/C19H19N3O2S/c1-13-7-9-14(10-8-13)17-20-18(24-21-17)15-5-2-3-11-22(15)19(23)16-6-4-12-25-16/h4,6-10,12,15H,2-3,5,11H2,1H3. The molecule has 1 fully saturated rings. The number of carbonyl (C=O) groups excluding carboxylic acids is 1. The Morgan fingerprint density at radius 3 is 2.84 bits per heavy atom. The Labute approximate surface area is 150 Å². The summed E-state index contributed by atoms with van der Waals surface area (Å²) in [5, 5.41) is 6.05. The van der Waals surface area contributed by atoms with Gasteiger partial charge < -0.3 is 9.42 Å². The Morgan fingerprint density at radius 2 is 2.08 bits per heavy atom. The van der Waals surface area contributed by atoms with Gasteiger partial charge in [0.15, 0.2) is 0 Å². The molecule has 0 radical (unpaired) electrons. The van der Waals surface area contributed by atoms with Crippen LogP contribution in [0.1, 0.15) is 46.4 Å². The van der Waals surface area contributed by atoms with E-state index in [1.54, 1.807) is 0 Å². The molecule has 0 spiro atoms. The minimum absolute atomic E-state index is 0.0507. The van der Waals surface area contributed by atoms with Gasteiger partial charge in [-0.3, -0.25) is 4.79 Å². The molecular weight excluding hydrogens is 334 g/mol. The normalized spacial score (nSPS) is 17.6. The van der Waals surface area contributed by atoms with E-state index in [1.165, 1.54) is 16.9 Å². The highest BCUT2D eigenvalue weighted by atomic mass is 32.1. The predicted octanol–water partition coefficient (Wildman–Crippen LogP) is 4.47. The van der Waals surface area contributed by atoms with Crippen LogP contribution in [0.3, 0.4) is 0 Å². The fourth-order valence-electron chi connectivity index (χ4n) is 3.16. The van der Waals surface area contributed by atoms with Gasteiger partial charge in [0.05, 0.1) is 4.88 Å². The molecule has 1 unspecified atom stereocenters. The predicted molar refractivity (Wildman–Crippen MR) is 96.4 cm³/mol. The molecule has 1 aliphatic rings. The lowest BCUT2D eigenvalue weighted by Crippen LogP contribution is -2.38. The Bertz CT molecular complexity index is 855. The quantitative estimate of drug-likeness (QED) is 0.697. The molecule has 1 saturated heterocycles. The van der Waals surface area contributed by atoms with Crippen LogP contribution in [0.15, 0.2) is 46.3 Å². The SMILES string of the molecule is Cc1ccc(-c2noc(C3CCCCN3C(=O)c3cccs3)n2)cc1. The number of hydrogen-bond donors (Lipinski definition) is 0. The maximum absolute atomic E-state index is 12.8. The second kappa shape index (κ2) is 6.80. The van der Waals surface area contributed by atoms with E-state index >= 15 is 0 Å². The van der Waals surface area contributed by atoms with Crippen molar-refractivity contribution in [3.63, 3.8) is 0 Å². The van der Waals surface area contributed by atoms with Crippen molar-refractivity contribution in [2.75, 3.05) is 6.54 Å². The van der Waals surface area contributed by atoms with Gasteiger partial charge in [-0.25, -0.2) is 0 Å². The highest BCUT2D eigenvalue weighted by Gasteiger charge is 2.33. The summed E-state index contributed by atoms with van der Waals surface area (Å²) in [6, 6.07) is 11.6. The van der Waals surface area contributed by atoms with Gasteiger partial charge in [0, 0.05) is 12.1 Å². The van der Waals surface area contributed by atoms with Gasteiger partial charge in [0.2, 0.25) is 11.7 Å². The number of rotatable bonds is 3. The third kappa shape index (κ3) is 3.22. The molecule has 5 nitrogen and oxygen atoms in total. The van der Waals surface area contributed by atoms with Crippen LogP contribution in [-0.2, 0) is 0 Å². The third-order valence-electron chi connectivity index (χ3n) is 4.53. The molecule has 0 saturated carbocycles. The fraction of sp³-hybridized carbons (Fsp3) is 0.316. The van der Waals surface area contributed by atoms with Crippen molar-refractivity contribution in [2.45, 2.75) is 32.2 Å². The Hall–Kier alpha value is -2.47. The van der Waals surface area contributed by atoms with Crippen LogP contribution >= 0.6 is 11.3 Å². The van der Waals surface area contributed by atoms with Crippen LogP contribution in [0, 0.1) is 6.92 Å². The summed E-state index contributed by atoms with van der Waals surface area (Å²) >= 11 is 1.47. The molecule has 1 aliphatic heterocycles. The lowest BCUT2D eigenvalue weighted by Gasteiger charge is -2.33. The second-order valence-electron chi connectivity index (χ2n) is 6.31. The second-order valence-corrected chi connectivity index (χ2v) is 7.26. The minimum Gasteiger partial charge on any atom is -0.337 e. The summed E-state index contributed by atoms with van der Waals surface area (Å²) < 4.78 is 5.53. The van der Waals surface area contributed by atoms with Crippen LogP contribution in [0.5, 0.6) is 0 Å². The van der Waals surface area contributed by atoms with Crippen LogP contribution in [0.25, 0.3) is 11.4 Å². The number of amides is 1. The number of hydrogen-bond acceptors (Lipinski definition) is 5. The topological polar surface area (TPSA) is 59.2 Å². The first kappa shape index (κ1) is 16.0. The summed E-state index contributed by atoms with van der Waals surface area (Å²) in [5.74, 6) is 1.15. The van der Waals surface area contributed by atoms with E-state index in [9.17, 15) is 4.79 Å². The number of nitrogens with zero attached hydrogens (tertiary/aromatic N) is 3. The van der Waals surface area contributed by atoms with Gasteiger partial charge in [-0.15, -0.1) is 11.3 Å². The van der Waals surface area contributed by atoms with E-state index in [0.29, 0.717) is 11.7 Å². The molecule has 3 aromatic rings. The summed E-state index contributed by atoms with van der Waals surface area (Å²) in [6.45, 7) is 2.77. The van der Waals surface area contributed by atoms with Crippen LogP contribution in [-0.4, -0.2) is 27.5 Å². The zero-order valence-corrected chi connectivity index (χ0v) is 14.8. The van der Waals surface area contributed by atoms with E-state index < -0.39 is 0 Å². The maximum Gasteiger partial charge on any atom is 0.264 e. The lowest BCUT2D eigenvalue weighted by molar-refractivity contribution is 0.0566. The van der Waals surface area contributed by atoms with Crippen molar-refractivity contribution in [1.82, 2.24) is 15.0 Å². The molecule has 1 aromatic carbocycles. The van der Waals surface area contributed by atoms with Crippen molar-refractivity contribution >= 4 is 17.2 Å². The molecule has 3 heterocycles. The Morgan fingerprint density at radius 1 is 1.24 bits per heavy atom. The van der Waals surface area contributed by atoms with Crippen LogP contribution < -0.4 is 0 Å². The van der Waals surface area contributed by atoms with Crippen LogP contribution in [0.2, 0.25) is 0 Å². The monoisotopic (exact) mass is 353 g/mol. The largest absolute Gasteiger partial charge is 0.337 e. The Kier molecular flexibility index (Phi) is 4.36. The number of piperidine rings is 1. The average molecular weight is 353 g/mol. The van der Waals surface area contributed by atoms with Gasteiger partial charge in [0.25, 0.3) is 5.91 Å². The first-order valence-electron chi connectivity index (χ1n) is 8.47. The fourth-order valence-corrected chi connectivity index (χ4v) is 3.84. The van der Waals surface area contributed by atoms with Gasteiger partial charge in [-0.2, -0.15) is 4.98 Å². The van der Waals surface area contributed by atoms with E-state index in [4.69, 9.17) is 4.52 Å². The first-order chi connectivity index (χ1) is 12.2. The molecule has 2 aromatic heterocycles. The van der Waals surface area contributed by atoms with Crippen molar-refractivity contribution in [1.29, 1.82) is 0 Å². The number of aryl methyl sites for hydroxylation is 1. The number of benzene rings is 1. The zero-order chi connectivity index (χ0) is 17.2. The number of thiophene rings is 1. The molecule has 4 rings (SSSR count). The first-order valence-corrected chi connectivity index (χ1v) is 9.35. The van der Waals surface area contributed by atoms with Gasteiger partial charge in [-0.1, -0.05) is 41.1 Å². The number of likely N-dealkylation sites (tertiary alicyclic amines) is 1. The molecule has 6 heteroatoms. The number of aromatic nitrogens is 2. The number of carbonyl (C=O) groups is 1. The molecule has 0 N–H and O–H groups in total. The summed E-state index contributed by atoms with van der Waals surface area (Å²) in [7, 11) is 0. The summed E-state index contributed by atoms with van der Waals surface area (Å²) in [6.07, 6.45) is 2.92. The molecule has 25 heavy (non-hydrogen) atoms. The zero-order valence-electron chi connectivity index (χ0n) is 14.0. The smallest absolute Gasteiger partial charge is 0.264 e. The highest BCUT2D eigenvalue weighted by Crippen LogP contribution is 2.32. The summed E-state index contributed by atoms with van der Waals surface area (Å²) in [5.41, 5.74) is 2.11. The van der Waals surface area contributed by atoms with Crippen molar-refractivity contribution < 1.29 is 9.32 Å². The van der Waals surface area contributed by atoms with Gasteiger partial charge >= 0.3 is 0 Å². The van der Waals surface area contributed by atoms with Crippen molar-refractivity contribution in [3.05, 3.63) is 58.1 Å². The molecule has 0 bridgehead atoms. The van der Waals surface area contributed by atoms with Crippen molar-refractivity contribution in [3.8, 4) is 11.4 Å². The molecule has 1 atom stereocenters. The molecule has 128 valence electrons. The van der Waals surface area contributed by atoms with E-state index in [0.717, 1.165) is 36.2 Å². The summed E-state index contributed by atoms with van der Waals surface area (Å²) in [4.78, 5) is 20.0. The molecular formula is C19H19N3O2S. The van der Waals surface area contributed by atoms with E-state index in [1.807, 2.05) is 53.6 Å². The van der Waals surface area contributed by atoms with E-state index in [-0.39, 0.29) is 11.9 Å². The molecule has 1 amide bonds. The Balaban J connectivity index is 1.61. The maximum atomic E-state index is 12.8. The van der Waals surface area contributed by atoms with Gasteiger partial charge in [-0.05, 0) is 37.6 Å². The average Bonchev–Trinajstić information content (AvgIpc) is 3.34. The molecule has 0 aliphatic carbocycles. The third-order valence-corrected chi connectivity index (χ3v) is 5.39. The van der Waals surface area contributed by atoms with Gasteiger partial charge in [0.1, 0.15) is 6.04 Å². The van der Waals surface area contributed by atoms with E-state index in [2.05, 4.69) is 10.1 Å². The van der Waals surface area contributed by atoms with Crippen molar-refractivity contribution in [2.24, 2.45) is 0 Å². The lowest BCUT2D eigenvalue weighted by atomic mass is 10.0.